The van der Waals surface area contributed by atoms with Gasteiger partial charge < -0.3 is 10.1 Å². The van der Waals surface area contributed by atoms with Crippen LogP contribution >= 0.6 is 11.3 Å². The fraction of sp³-hybridized carbons (Fsp3) is 0.538. The minimum Gasteiger partial charge on any atom is -0.493 e. The quantitative estimate of drug-likeness (QED) is 0.881. The molecule has 6 heteroatoms. The summed E-state index contributed by atoms with van der Waals surface area (Å²) in [4.78, 5) is 4.53. The molecule has 1 N–H and O–H groups in total. The van der Waals surface area contributed by atoms with Gasteiger partial charge in [0.1, 0.15) is 0 Å². The molecule has 0 aliphatic heterocycles. The predicted octanol–water partition coefficient (Wildman–Crippen LogP) is 2.18. The molecule has 2 aromatic rings. The molecule has 0 aliphatic rings. The van der Waals surface area contributed by atoms with E-state index in [4.69, 9.17) is 4.74 Å². The van der Waals surface area contributed by atoms with Crippen LogP contribution < -0.4 is 10.1 Å². The molecule has 1 unspecified atom stereocenters. The number of likely N-dealkylation sites (N-methyl/N-ethyl adjacent to an activating group) is 1. The second-order valence-electron chi connectivity index (χ2n) is 4.34. The van der Waals surface area contributed by atoms with Crippen molar-refractivity contribution in [1.82, 2.24) is 20.1 Å². The zero-order chi connectivity index (χ0) is 13.8. The third-order valence-electron chi connectivity index (χ3n) is 3.09. The van der Waals surface area contributed by atoms with Crippen LogP contribution in [0.1, 0.15) is 29.4 Å². The van der Waals surface area contributed by atoms with Crippen molar-refractivity contribution in [3.8, 4) is 5.75 Å². The smallest absolute Gasteiger partial charge is 0.161 e. The van der Waals surface area contributed by atoms with Crippen LogP contribution in [-0.4, -0.2) is 28.9 Å². The van der Waals surface area contributed by atoms with E-state index in [9.17, 15) is 0 Å². The Bertz CT molecular complexity index is 513. The van der Waals surface area contributed by atoms with E-state index in [0.29, 0.717) is 0 Å². The number of ether oxygens (including phenoxy) is 1. The summed E-state index contributed by atoms with van der Waals surface area (Å²) in [5.74, 6) is 0.828. The molecule has 0 spiro atoms. The Hall–Kier alpha value is -1.40. The van der Waals surface area contributed by atoms with Crippen molar-refractivity contribution < 1.29 is 4.74 Å². The van der Waals surface area contributed by atoms with Crippen molar-refractivity contribution in [1.29, 1.82) is 0 Å². The molecule has 2 rings (SSSR count). The summed E-state index contributed by atoms with van der Waals surface area (Å²) >= 11 is 1.70. The summed E-state index contributed by atoms with van der Waals surface area (Å²) in [7, 11) is 3.64. The lowest BCUT2D eigenvalue weighted by Gasteiger charge is -2.17. The zero-order valence-electron chi connectivity index (χ0n) is 11.8. The zero-order valence-corrected chi connectivity index (χ0v) is 12.6. The van der Waals surface area contributed by atoms with E-state index >= 15 is 0 Å². The van der Waals surface area contributed by atoms with Crippen LogP contribution in [0.5, 0.6) is 5.75 Å². The van der Waals surface area contributed by atoms with E-state index in [0.717, 1.165) is 35.1 Å². The lowest BCUT2D eigenvalue weighted by molar-refractivity contribution is 0.394. The highest BCUT2D eigenvalue weighted by atomic mass is 32.1. The molecule has 2 aromatic heterocycles. The molecule has 104 valence electrons. The third kappa shape index (κ3) is 2.96. The number of hydrogen-bond acceptors (Lipinski definition) is 5. The molecule has 0 aromatic carbocycles. The molecule has 2 heterocycles. The van der Waals surface area contributed by atoms with Crippen molar-refractivity contribution in [2.24, 2.45) is 0 Å². The Morgan fingerprint density at radius 3 is 2.84 bits per heavy atom. The van der Waals surface area contributed by atoms with Crippen molar-refractivity contribution in [3.05, 3.63) is 28.0 Å². The molecular formula is C13H20N4OS. The molecule has 0 fully saturated rings. The van der Waals surface area contributed by atoms with Gasteiger partial charge in [0.2, 0.25) is 0 Å². The van der Waals surface area contributed by atoms with Crippen LogP contribution in [0.2, 0.25) is 0 Å². The number of aromatic nitrogens is 3. The van der Waals surface area contributed by atoms with Gasteiger partial charge in [-0.05, 0) is 20.9 Å². The number of hydrogen-bond donors (Lipinski definition) is 1. The average Bonchev–Trinajstić information content (AvgIpc) is 3.01. The van der Waals surface area contributed by atoms with Crippen LogP contribution in [0.15, 0.2) is 11.6 Å². The number of nitrogens with one attached hydrogen (secondary N) is 1. The summed E-state index contributed by atoms with van der Waals surface area (Å²) in [5, 5.41) is 10.9. The Morgan fingerprint density at radius 2 is 2.32 bits per heavy atom. The molecule has 19 heavy (non-hydrogen) atoms. The van der Waals surface area contributed by atoms with E-state index in [-0.39, 0.29) is 6.04 Å². The van der Waals surface area contributed by atoms with Gasteiger partial charge in [0.05, 0.1) is 30.1 Å². The maximum absolute atomic E-state index is 5.41. The summed E-state index contributed by atoms with van der Waals surface area (Å²) in [6.07, 6.45) is 2.62. The minimum absolute atomic E-state index is 0.156. The molecule has 0 bridgehead atoms. The van der Waals surface area contributed by atoms with E-state index in [1.165, 1.54) is 0 Å². The predicted molar refractivity (Wildman–Crippen MR) is 76.8 cm³/mol. The highest BCUT2D eigenvalue weighted by molar-refractivity contribution is 7.09. The van der Waals surface area contributed by atoms with Gasteiger partial charge in [-0.2, -0.15) is 5.10 Å². The second-order valence-corrected chi connectivity index (χ2v) is 5.28. The van der Waals surface area contributed by atoms with E-state index in [1.807, 2.05) is 18.7 Å². The third-order valence-corrected chi connectivity index (χ3v) is 4.08. The van der Waals surface area contributed by atoms with Crippen molar-refractivity contribution in [2.75, 3.05) is 14.2 Å². The van der Waals surface area contributed by atoms with Crippen LogP contribution in [0.25, 0.3) is 0 Å². The highest BCUT2D eigenvalue weighted by Gasteiger charge is 2.21. The fourth-order valence-corrected chi connectivity index (χ4v) is 2.96. The second kappa shape index (κ2) is 6.16. The normalized spacial score (nSPS) is 12.6. The topological polar surface area (TPSA) is 52.0 Å². The molecule has 0 amide bonds. The number of rotatable bonds is 6. The maximum atomic E-state index is 5.41. The Morgan fingerprint density at radius 1 is 1.53 bits per heavy atom. The van der Waals surface area contributed by atoms with Gasteiger partial charge in [-0.25, -0.2) is 4.98 Å². The van der Waals surface area contributed by atoms with E-state index in [2.05, 4.69) is 27.7 Å². The lowest BCUT2D eigenvalue weighted by atomic mass is 10.1. The molecule has 0 saturated carbocycles. The summed E-state index contributed by atoms with van der Waals surface area (Å²) < 4.78 is 7.39. The molecule has 0 saturated heterocycles. The number of methoxy groups -OCH3 is 1. The van der Waals surface area contributed by atoms with Crippen LogP contribution in [-0.2, 0) is 13.0 Å². The van der Waals surface area contributed by atoms with Gasteiger partial charge >= 0.3 is 0 Å². The molecule has 5 nitrogen and oxygen atoms in total. The average molecular weight is 280 g/mol. The Labute approximate surface area is 117 Å². The Balaban J connectivity index is 2.28. The van der Waals surface area contributed by atoms with Gasteiger partial charge in [-0.1, -0.05) is 0 Å². The van der Waals surface area contributed by atoms with Gasteiger partial charge in [0.25, 0.3) is 0 Å². The van der Waals surface area contributed by atoms with Crippen molar-refractivity contribution in [2.45, 2.75) is 32.9 Å². The summed E-state index contributed by atoms with van der Waals surface area (Å²) in [6.45, 7) is 4.93. The van der Waals surface area contributed by atoms with Crippen molar-refractivity contribution >= 4 is 11.3 Å². The fourth-order valence-electron chi connectivity index (χ4n) is 2.15. The lowest BCUT2D eigenvalue weighted by Crippen LogP contribution is -2.23. The first-order valence-corrected chi connectivity index (χ1v) is 7.25. The number of thiazole rings is 1. The van der Waals surface area contributed by atoms with Crippen LogP contribution in [0.4, 0.5) is 0 Å². The van der Waals surface area contributed by atoms with Crippen LogP contribution in [0.3, 0.4) is 0 Å². The molecule has 0 radical (unpaired) electrons. The molecular weight excluding hydrogens is 260 g/mol. The first-order valence-electron chi connectivity index (χ1n) is 6.37. The maximum Gasteiger partial charge on any atom is 0.161 e. The SMILES string of the molecule is CCn1ncc(OC)c1C(Cc1nc(C)cs1)NC. The largest absolute Gasteiger partial charge is 0.493 e. The van der Waals surface area contributed by atoms with Gasteiger partial charge in [-0.15, -0.1) is 11.3 Å². The Kier molecular flexibility index (Phi) is 4.55. The monoisotopic (exact) mass is 280 g/mol. The van der Waals surface area contributed by atoms with Gasteiger partial charge in [0, 0.05) is 24.0 Å². The first kappa shape index (κ1) is 14.0. The molecule has 0 aliphatic carbocycles. The van der Waals surface area contributed by atoms with Crippen molar-refractivity contribution in [3.63, 3.8) is 0 Å². The van der Waals surface area contributed by atoms with E-state index in [1.54, 1.807) is 24.6 Å². The van der Waals surface area contributed by atoms with Crippen LogP contribution in [0, 0.1) is 6.92 Å². The highest BCUT2D eigenvalue weighted by Crippen LogP contribution is 2.28. The summed E-state index contributed by atoms with van der Waals surface area (Å²) in [5.41, 5.74) is 2.16. The van der Waals surface area contributed by atoms with Gasteiger partial charge in [-0.3, -0.25) is 4.68 Å². The minimum atomic E-state index is 0.156. The number of nitrogens with zero attached hydrogens (tertiary/aromatic N) is 3. The summed E-state index contributed by atoms with van der Waals surface area (Å²) in [6, 6.07) is 0.156. The first-order chi connectivity index (χ1) is 9.19. The number of aryl methyl sites for hydroxylation is 2. The van der Waals surface area contributed by atoms with E-state index < -0.39 is 0 Å². The standard InChI is InChI=1S/C13H20N4OS/c1-5-17-13(11(18-4)7-15-17)10(14-3)6-12-16-9(2)8-19-12/h7-8,10,14H,5-6H2,1-4H3. The molecule has 1 atom stereocenters. The van der Waals surface area contributed by atoms with Gasteiger partial charge in [0.15, 0.2) is 5.75 Å².